The van der Waals surface area contributed by atoms with Gasteiger partial charge in [0.05, 0.1) is 10.6 Å². The zero-order chi connectivity index (χ0) is 19.7. The van der Waals surface area contributed by atoms with Crippen molar-refractivity contribution in [2.45, 2.75) is 39.3 Å². The van der Waals surface area contributed by atoms with Crippen molar-refractivity contribution in [3.63, 3.8) is 0 Å². The first kappa shape index (κ1) is 19.3. The standard InChI is InChI=1S/C22H21Cl2NO3/c1-2-3-6-14-9-20(26)28-21-16(14)10-19(24)22-17(21)12-25(13-27-22)11-15-7-4-5-8-18(15)23/h4-5,7-10H,2-3,6,11-13H2,1H3. The van der Waals surface area contributed by atoms with Gasteiger partial charge in [-0.15, -0.1) is 0 Å². The normalized spacial score (nSPS) is 14.1. The van der Waals surface area contributed by atoms with E-state index in [1.54, 1.807) is 6.07 Å². The van der Waals surface area contributed by atoms with Crippen molar-refractivity contribution in [1.82, 2.24) is 4.90 Å². The van der Waals surface area contributed by atoms with Crippen molar-refractivity contribution in [2.75, 3.05) is 6.73 Å². The Kier molecular flexibility index (Phi) is 5.63. The Morgan fingerprint density at radius 1 is 1.11 bits per heavy atom. The van der Waals surface area contributed by atoms with E-state index in [9.17, 15) is 4.79 Å². The number of hydrogen-bond donors (Lipinski definition) is 0. The highest BCUT2D eigenvalue weighted by Gasteiger charge is 2.25. The fraction of sp³-hybridized carbons (Fsp3) is 0.318. The van der Waals surface area contributed by atoms with Gasteiger partial charge in [0.2, 0.25) is 0 Å². The molecule has 0 N–H and O–H groups in total. The Morgan fingerprint density at radius 2 is 1.93 bits per heavy atom. The minimum Gasteiger partial charge on any atom is -0.476 e. The van der Waals surface area contributed by atoms with Crippen LogP contribution in [-0.4, -0.2) is 11.6 Å². The molecule has 0 unspecified atom stereocenters. The number of hydrogen-bond acceptors (Lipinski definition) is 4. The van der Waals surface area contributed by atoms with E-state index >= 15 is 0 Å². The van der Waals surface area contributed by atoms with Gasteiger partial charge < -0.3 is 9.15 Å². The molecule has 1 aromatic heterocycles. The molecule has 0 radical (unpaired) electrons. The number of rotatable bonds is 5. The molecule has 0 aliphatic carbocycles. The second kappa shape index (κ2) is 8.16. The SMILES string of the molecule is CCCCc1cc(=O)oc2c3c(c(Cl)cc12)OCN(Cc1ccccc1Cl)C3. The Morgan fingerprint density at radius 3 is 2.71 bits per heavy atom. The molecule has 0 fully saturated rings. The van der Waals surface area contributed by atoms with E-state index in [4.69, 9.17) is 32.4 Å². The summed E-state index contributed by atoms with van der Waals surface area (Å²) in [5, 5.41) is 2.16. The summed E-state index contributed by atoms with van der Waals surface area (Å²) in [5.74, 6) is 0.598. The predicted octanol–water partition coefficient (Wildman–Crippen LogP) is 5.79. The second-order valence-corrected chi connectivity index (χ2v) is 7.90. The lowest BCUT2D eigenvalue weighted by Crippen LogP contribution is -2.32. The van der Waals surface area contributed by atoms with Crippen molar-refractivity contribution in [2.24, 2.45) is 0 Å². The van der Waals surface area contributed by atoms with Crippen molar-refractivity contribution in [1.29, 1.82) is 0 Å². The summed E-state index contributed by atoms with van der Waals surface area (Å²) in [5.41, 5.74) is 3.04. The Hall–Kier alpha value is -2.01. The number of halogens is 2. The van der Waals surface area contributed by atoms with Crippen molar-refractivity contribution in [3.05, 3.63) is 73.6 Å². The summed E-state index contributed by atoms with van der Waals surface area (Å²) in [6.07, 6.45) is 2.87. The highest BCUT2D eigenvalue weighted by atomic mass is 35.5. The lowest BCUT2D eigenvalue weighted by atomic mass is 10.0. The monoisotopic (exact) mass is 417 g/mol. The Balaban J connectivity index is 1.75. The molecule has 28 heavy (non-hydrogen) atoms. The highest BCUT2D eigenvalue weighted by molar-refractivity contribution is 6.33. The quantitative estimate of drug-likeness (QED) is 0.492. The molecule has 0 saturated carbocycles. The number of fused-ring (bicyclic) bond motifs is 3. The number of ether oxygens (including phenoxy) is 1. The second-order valence-electron chi connectivity index (χ2n) is 7.09. The Bertz CT molecular complexity index is 1080. The zero-order valence-corrected chi connectivity index (χ0v) is 17.1. The van der Waals surface area contributed by atoms with Crippen LogP contribution in [0.5, 0.6) is 5.75 Å². The third-order valence-corrected chi connectivity index (χ3v) is 5.70. The summed E-state index contributed by atoms with van der Waals surface area (Å²) < 4.78 is 11.5. The van der Waals surface area contributed by atoms with E-state index in [-0.39, 0.29) is 5.63 Å². The zero-order valence-electron chi connectivity index (χ0n) is 15.6. The average molecular weight is 418 g/mol. The smallest absolute Gasteiger partial charge is 0.336 e. The number of nitrogens with zero attached hydrogens (tertiary/aromatic N) is 1. The van der Waals surface area contributed by atoms with E-state index in [2.05, 4.69) is 11.8 Å². The van der Waals surface area contributed by atoms with E-state index in [0.717, 1.165) is 46.4 Å². The van der Waals surface area contributed by atoms with Crippen LogP contribution in [0.4, 0.5) is 0 Å². The third-order valence-electron chi connectivity index (χ3n) is 5.05. The minimum absolute atomic E-state index is 0.341. The van der Waals surface area contributed by atoms with Crippen LogP contribution in [-0.2, 0) is 19.5 Å². The fourth-order valence-electron chi connectivity index (χ4n) is 3.64. The molecule has 2 heterocycles. The Labute approximate surface area is 173 Å². The molecule has 4 nitrogen and oxygen atoms in total. The maximum absolute atomic E-state index is 12.2. The van der Waals surface area contributed by atoms with Crippen LogP contribution < -0.4 is 10.4 Å². The van der Waals surface area contributed by atoms with E-state index in [1.807, 2.05) is 30.3 Å². The van der Waals surface area contributed by atoms with E-state index in [0.29, 0.717) is 36.2 Å². The van der Waals surface area contributed by atoms with Gasteiger partial charge in [0.25, 0.3) is 0 Å². The van der Waals surface area contributed by atoms with Gasteiger partial charge in [-0.1, -0.05) is 54.7 Å². The van der Waals surface area contributed by atoms with Gasteiger partial charge in [-0.05, 0) is 36.1 Å². The summed E-state index contributed by atoms with van der Waals surface area (Å²) >= 11 is 12.8. The predicted molar refractivity (Wildman–Crippen MR) is 112 cm³/mol. The van der Waals surface area contributed by atoms with Crippen LogP contribution in [0.3, 0.4) is 0 Å². The number of benzene rings is 2. The van der Waals surface area contributed by atoms with Crippen LogP contribution >= 0.6 is 23.2 Å². The molecular formula is C22H21Cl2NO3. The first-order valence-corrected chi connectivity index (χ1v) is 10.2. The number of aryl methyl sites for hydroxylation is 1. The van der Waals surface area contributed by atoms with Gasteiger partial charge in [-0.25, -0.2) is 4.79 Å². The molecular weight excluding hydrogens is 397 g/mol. The molecule has 1 aliphatic heterocycles. The lowest BCUT2D eigenvalue weighted by molar-refractivity contribution is 0.0891. The van der Waals surface area contributed by atoms with Crippen LogP contribution in [0.1, 0.15) is 36.5 Å². The summed E-state index contributed by atoms with van der Waals surface area (Å²) in [7, 11) is 0. The van der Waals surface area contributed by atoms with Crippen LogP contribution in [0.15, 0.2) is 45.6 Å². The molecule has 1 aliphatic rings. The molecule has 146 valence electrons. The van der Waals surface area contributed by atoms with Gasteiger partial charge in [-0.2, -0.15) is 0 Å². The van der Waals surface area contributed by atoms with Gasteiger partial charge in [0.1, 0.15) is 18.1 Å². The van der Waals surface area contributed by atoms with Crippen molar-refractivity contribution >= 4 is 34.2 Å². The first-order valence-electron chi connectivity index (χ1n) is 9.43. The molecule has 6 heteroatoms. The third kappa shape index (κ3) is 3.77. The van der Waals surface area contributed by atoms with Gasteiger partial charge in [-0.3, -0.25) is 4.90 Å². The fourth-order valence-corrected chi connectivity index (χ4v) is 4.11. The van der Waals surface area contributed by atoms with Crippen LogP contribution in [0.25, 0.3) is 11.0 Å². The van der Waals surface area contributed by atoms with Gasteiger partial charge >= 0.3 is 5.63 Å². The maximum atomic E-state index is 12.2. The molecule has 3 aromatic rings. The lowest BCUT2D eigenvalue weighted by Gasteiger charge is -2.30. The summed E-state index contributed by atoms with van der Waals surface area (Å²) in [4.78, 5) is 14.3. The highest BCUT2D eigenvalue weighted by Crippen LogP contribution is 2.40. The summed E-state index contributed by atoms with van der Waals surface area (Å²) in [6.45, 7) is 3.72. The largest absolute Gasteiger partial charge is 0.476 e. The molecule has 2 aromatic carbocycles. The molecule has 0 saturated heterocycles. The van der Waals surface area contributed by atoms with E-state index < -0.39 is 0 Å². The van der Waals surface area contributed by atoms with E-state index in [1.165, 1.54) is 0 Å². The number of unbranched alkanes of at least 4 members (excludes halogenated alkanes) is 1. The summed E-state index contributed by atoms with van der Waals surface area (Å²) in [6, 6.07) is 11.2. The van der Waals surface area contributed by atoms with Crippen LogP contribution in [0, 0.1) is 0 Å². The van der Waals surface area contributed by atoms with Gasteiger partial charge in [0.15, 0.2) is 0 Å². The molecule has 0 bridgehead atoms. The topological polar surface area (TPSA) is 42.7 Å². The molecule has 0 atom stereocenters. The van der Waals surface area contributed by atoms with Crippen molar-refractivity contribution < 1.29 is 9.15 Å². The average Bonchev–Trinajstić information content (AvgIpc) is 2.69. The van der Waals surface area contributed by atoms with Gasteiger partial charge in [0, 0.05) is 29.6 Å². The minimum atomic E-state index is -0.341. The molecule has 0 amide bonds. The maximum Gasteiger partial charge on any atom is 0.336 e. The molecule has 0 spiro atoms. The van der Waals surface area contributed by atoms with Crippen LogP contribution in [0.2, 0.25) is 10.0 Å². The first-order chi connectivity index (χ1) is 13.6. The molecule has 4 rings (SSSR count). The van der Waals surface area contributed by atoms with Crippen molar-refractivity contribution in [3.8, 4) is 5.75 Å².